The molecule has 0 radical (unpaired) electrons. The highest BCUT2D eigenvalue weighted by Crippen LogP contribution is 2.38. The molecule has 0 saturated carbocycles. The molecule has 0 amide bonds. The molecule has 0 aliphatic heterocycles. The molecule has 0 aliphatic carbocycles. The number of methoxy groups -OCH3 is 3. The van der Waals surface area contributed by atoms with E-state index in [4.69, 9.17) is 18.9 Å². The Morgan fingerprint density at radius 2 is 1.70 bits per heavy atom. The van der Waals surface area contributed by atoms with Gasteiger partial charge < -0.3 is 18.9 Å². The van der Waals surface area contributed by atoms with E-state index in [9.17, 15) is 14.9 Å². The number of nitrogens with zero attached hydrogens (tertiary/aromatic N) is 1. The Morgan fingerprint density at radius 3 is 2.30 bits per heavy atom. The highest BCUT2D eigenvalue weighted by molar-refractivity contribution is 9.10. The lowest BCUT2D eigenvalue weighted by Crippen LogP contribution is -2.10. The molecule has 0 aliphatic rings. The third-order valence-electron chi connectivity index (χ3n) is 3.45. The van der Waals surface area contributed by atoms with Crippen LogP contribution in [0.2, 0.25) is 0 Å². The van der Waals surface area contributed by atoms with E-state index in [1.807, 2.05) is 0 Å². The molecule has 0 fully saturated rings. The van der Waals surface area contributed by atoms with E-state index in [1.54, 1.807) is 12.1 Å². The second-order valence-electron chi connectivity index (χ2n) is 5.09. The molecular weight excluding hydrogens is 422 g/mol. The quantitative estimate of drug-likeness (QED) is 0.280. The zero-order valence-electron chi connectivity index (χ0n) is 14.7. The Balaban J connectivity index is 2.33. The number of benzene rings is 2. The van der Waals surface area contributed by atoms with Gasteiger partial charge in [0, 0.05) is 6.08 Å². The molecule has 0 aromatic heterocycles. The summed E-state index contributed by atoms with van der Waals surface area (Å²) in [5.74, 6) is 0.619. The van der Waals surface area contributed by atoms with Gasteiger partial charge in [-0.15, -0.1) is 0 Å². The van der Waals surface area contributed by atoms with Gasteiger partial charge in [0.25, 0.3) is 0 Å². The lowest BCUT2D eigenvalue weighted by molar-refractivity contribution is -0.400. The van der Waals surface area contributed by atoms with Crippen molar-refractivity contribution in [2.75, 3.05) is 21.3 Å². The fourth-order valence-corrected chi connectivity index (χ4v) is 2.74. The molecule has 2 aromatic rings. The molecular formula is C18H16BrNO7. The van der Waals surface area contributed by atoms with Crippen LogP contribution in [0.5, 0.6) is 23.0 Å². The summed E-state index contributed by atoms with van der Waals surface area (Å²) >= 11 is 3.29. The van der Waals surface area contributed by atoms with E-state index in [0.29, 0.717) is 21.5 Å². The Bertz CT molecular complexity index is 896. The fraction of sp³-hybridized carbons (Fsp3) is 0.167. The van der Waals surface area contributed by atoms with Gasteiger partial charge in [0.2, 0.25) is 6.20 Å². The molecule has 0 spiro atoms. The summed E-state index contributed by atoms with van der Waals surface area (Å²) in [5.41, 5.74) is 0.750. The van der Waals surface area contributed by atoms with Gasteiger partial charge >= 0.3 is 5.97 Å². The van der Waals surface area contributed by atoms with Gasteiger partial charge in [-0.05, 0) is 51.8 Å². The van der Waals surface area contributed by atoms with E-state index in [0.717, 1.165) is 6.20 Å². The molecule has 0 unspecified atom stereocenters. The molecule has 2 aromatic carbocycles. The van der Waals surface area contributed by atoms with Crippen LogP contribution in [0.4, 0.5) is 0 Å². The molecule has 27 heavy (non-hydrogen) atoms. The average Bonchev–Trinajstić information content (AvgIpc) is 2.67. The van der Waals surface area contributed by atoms with Crippen LogP contribution < -0.4 is 18.9 Å². The molecule has 0 N–H and O–H groups in total. The molecule has 0 saturated heterocycles. The number of esters is 1. The van der Waals surface area contributed by atoms with Crippen molar-refractivity contribution >= 4 is 28.0 Å². The minimum absolute atomic E-state index is 0.149. The van der Waals surface area contributed by atoms with Crippen molar-refractivity contribution in [3.8, 4) is 23.0 Å². The summed E-state index contributed by atoms with van der Waals surface area (Å²) in [7, 11) is 4.35. The maximum atomic E-state index is 12.5. The first-order valence-electron chi connectivity index (χ1n) is 7.53. The summed E-state index contributed by atoms with van der Waals surface area (Å²) in [5, 5.41) is 10.5. The van der Waals surface area contributed by atoms with Crippen molar-refractivity contribution < 1.29 is 28.7 Å². The van der Waals surface area contributed by atoms with Gasteiger partial charge in [-0.25, -0.2) is 4.79 Å². The SMILES string of the molecule is COc1ccc(C(=O)Oc2c(Br)cc(C=C[N+](=O)[O-])cc2OC)cc1OC. The van der Waals surface area contributed by atoms with E-state index in [1.165, 1.54) is 45.6 Å². The maximum absolute atomic E-state index is 12.5. The minimum Gasteiger partial charge on any atom is -0.493 e. The zero-order chi connectivity index (χ0) is 20.0. The molecule has 2 rings (SSSR count). The second kappa shape index (κ2) is 9.04. The minimum atomic E-state index is -0.636. The number of carbonyl (C=O) groups excluding carboxylic acids is 1. The van der Waals surface area contributed by atoms with E-state index >= 15 is 0 Å². The van der Waals surface area contributed by atoms with E-state index in [-0.39, 0.29) is 17.1 Å². The smallest absolute Gasteiger partial charge is 0.343 e. The maximum Gasteiger partial charge on any atom is 0.343 e. The highest BCUT2D eigenvalue weighted by Gasteiger charge is 2.18. The topological polar surface area (TPSA) is 97.1 Å². The first kappa shape index (κ1) is 20.2. The van der Waals surface area contributed by atoms with Crippen LogP contribution in [0, 0.1) is 10.1 Å². The number of rotatable bonds is 7. The van der Waals surface area contributed by atoms with Gasteiger partial charge in [0.05, 0.1) is 36.3 Å². The standard InChI is InChI=1S/C18H16BrNO7/c1-24-14-5-4-12(10-15(14)25-2)18(21)27-17-13(19)8-11(6-7-20(22)23)9-16(17)26-3/h4-10H,1-3H3. The third-order valence-corrected chi connectivity index (χ3v) is 4.04. The summed E-state index contributed by atoms with van der Waals surface area (Å²) in [6.07, 6.45) is 2.10. The number of ether oxygens (including phenoxy) is 4. The monoisotopic (exact) mass is 437 g/mol. The summed E-state index contributed by atoms with van der Waals surface area (Å²) < 4.78 is 21.4. The molecule has 0 atom stereocenters. The first-order valence-corrected chi connectivity index (χ1v) is 8.32. The van der Waals surface area contributed by atoms with Gasteiger partial charge in [0.1, 0.15) is 0 Å². The van der Waals surface area contributed by atoms with Crippen molar-refractivity contribution in [2.45, 2.75) is 0 Å². The highest BCUT2D eigenvalue weighted by atomic mass is 79.9. The van der Waals surface area contributed by atoms with Crippen molar-refractivity contribution in [3.05, 3.63) is 62.2 Å². The molecule has 9 heteroatoms. The predicted octanol–water partition coefficient (Wildman–Crippen LogP) is 3.94. The molecule has 0 heterocycles. The Hall–Kier alpha value is -3.07. The van der Waals surface area contributed by atoms with Crippen LogP contribution in [0.1, 0.15) is 15.9 Å². The van der Waals surface area contributed by atoms with Crippen LogP contribution in [-0.4, -0.2) is 32.2 Å². The second-order valence-corrected chi connectivity index (χ2v) is 5.95. The third kappa shape index (κ3) is 4.98. The number of halogens is 1. The fourth-order valence-electron chi connectivity index (χ4n) is 2.20. The first-order chi connectivity index (χ1) is 12.9. The van der Waals surface area contributed by atoms with Gasteiger partial charge in [-0.2, -0.15) is 0 Å². The van der Waals surface area contributed by atoms with E-state index < -0.39 is 10.9 Å². The normalized spacial score (nSPS) is 10.5. The Morgan fingerprint density at radius 1 is 1.04 bits per heavy atom. The van der Waals surface area contributed by atoms with Crippen LogP contribution in [-0.2, 0) is 0 Å². The Kier molecular flexibility index (Phi) is 6.78. The predicted molar refractivity (Wildman–Crippen MR) is 101 cm³/mol. The van der Waals surface area contributed by atoms with Crippen LogP contribution in [0.15, 0.2) is 41.0 Å². The van der Waals surface area contributed by atoms with Crippen LogP contribution >= 0.6 is 15.9 Å². The lowest BCUT2D eigenvalue weighted by atomic mass is 10.2. The van der Waals surface area contributed by atoms with Crippen molar-refractivity contribution in [2.24, 2.45) is 0 Å². The number of hydrogen-bond acceptors (Lipinski definition) is 7. The summed E-state index contributed by atoms with van der Waals surface area (Å²) in [6.45, 7) is 0. The average molecular weight is 438 g/mol. The summed E-state index contributed by atoms with van der Waals surface area (Å²) in [4.78, 5) is 22.4. The molecule has 0 bridgehead atoms. The van der Waals surface area contributed by atoms with Crippen molar-refractivity contribution in [3.63, 3.8) is 0 Å². The summed E-state index contributed by atoms with van der Waals surface area (Å²) in [6, 6.07) is 7.71. The lowest BCUT2D eigenvalue weighted by Gasteiger charge is -2.13. The van der Waals surface area contributed by atoms with Crippen molar-refractivity contribution in [1.29, 1.82) is 0 Å². The Labute approximate surface area is 163 Å². The number of nitro groups is 1. The van der Waals surface area contributed by atoms with Gasteiger partial charge in [-0.1, -0.05) is 0 Å². The van der Waals surface area contributed by atoms with Gasteiger partial charge in [-0.3, -0.25) is 10.1 Å². The van der Waals surface area contributed by atoms with Crippen molar-refractivity contribution in [1.82, 2.24) is 0 Å². The van der Waals surface area contributed by atoms with Crippen LogP contribution in [0.3, 0.4) is 0 Å². The number of carbonyl (C=O) groups is 1. The van der Waals surface area contributed by atoms with E-state index in [2.05, 4.69) is 15.9 Å². The molecule has 8 nitrogen and oxygen atoms in total. The largest absolute Gasteiger partial charge is 0.493 e. The molecule has 142 valence electrons. The zero-order valence-corrected chi connectivity index (χ0v) is 16.3. The van der Waals surface area contributed by atoms with Crippen LogP contribution in [0.25, 0.3) is 6.08 Å². The van der Waals surface area contributed by atoms with Gasteiger partial charge in [0.15, 0.2) is 23.0 Å². The number of hydrogen-bond donors (Lipinski definition) is 0.